The maximum Gasteiger partial charge on any atom is 0.119 e. The Kier molecular flexibility index (Phi) is 2.40. The summed E-state index contributed by atoms with van der Waals surface area (Å²) in [7, 11) is 0. The lowest BCUT2D eigenvalue weighted by molar-refractivity contribution is 0.794. The van der Waals surface area contributed by atoms with Crippen molar-refractivity contribution >= 4 is 15.9 Å². The first-order valence-electron chi connectivity index (χ1n) is 3.91. The molecular formula is C9H8BrN3. The third-order valence-electron chi connectivity index (χ3n) is 1.74. The van der Waals surface area contributed by atoms with E-state index in [1.807, 2.05) is 16.7 Å². The largest absolute Gasteiger partial charge is 0.316 e. The number of halogens is 1. The van der Waals surface area contributed by atoms with Gasteiger partial charge in [0.05, 0.1) is 0 Å². The van der Waals surface area contributed by atoms with Crippen LogP contribution in [0.15, 0.2) is 41.4 Å². The molecule has 0 spiro atoms. The van der Waals surface area contributed by atoms with E-state index in [2.05, 4.69) is 38.3 Å². The molecular weight excluding hydrogens is 230 g/mol. The van der Waals surface area contributed by atoms with Crippen LogP contribution in [0.5, 0.6) is 0 Å². The molecule has 0 fully saturated rings. The molecule has 0 bridgehead atoms. The molecule has 0 N–H and O–H groups in total. The van der Waals surface area contributed by atoms with Crippen LogP contribution in [-0.2, 0) is 6.54 Å². The van der Waals surface area contributed by atoms with Crippen LogP contribution in [0, 0.1) is 0 Å². The van der Waals surface area contributed by atoms with Gasteiger partial charge in [0, 0.05) is 11.0 Å². The van der Waals surface area contributed by atoms with Crippen molar-refractivity contribution in [2.45, 2.75) is 6.54 Å². The smallest absolute Gasteiger partial charge is 0.119 e. The standard InChI is InChI=1S/C9H8BrN3/c10-9-3-1-8(2-4-9)5-13-6-11-12-7-13/h1-4,6-7H,5H2. The Bertz CT molecular complexity index is 366. The zero-order valence-electron chi connectivity index (χ0n) is 6.89. The summed E-state index contributed by atoms with van der Waals surface area (Å²) >= 11 is 3.39. The van der Waals surface area contributed by atoms with Gasteiger partial charge in [-0.25, -0.2) is 0 Å². The molecule has 4 heteroatoms. The van der Waals surface area contributed by atoms with Gasteiger partial charge in [0.15, 0.2) is 0 Å². The minimum Gasteiger partial charge on any atom is -0.316 e. The summed E-state index contributed by atoms with van der Waals surface area (Å²) in [5, 5.41) is 7.48. The summed E-state index contributed by atoms with van der Waals surface area (Å²) < 4.78 is 3.03. The van der Waals surface area contributed by atoms with Crippen molar-refractivity contribution in [2.75, 3.05) is 0 Å². The van der Waals surface area contributed by atoms with E-state index >= 15 is 0 Å². The highest BCUT2D eigenvalue weighted by atomic mass is 79.9. The summed E-state index contributed by atoms with van der Waals surface area (Å²) in [5.41, 5.74) is 1.24. The molecule has 13 heavy (non-hydrogen) atoms. The minimum atomic E-state index is 0.820. The summed E-state index contributed by atoms with van der Waals surface area (Å²) in [6, 6.07) is 8.20. The molecule has 0 aliphatic heterocycles. The molecule has 1 aromatic carbocycles. The number of hydrogen-bond acceptors (Lipinski definition) is 2. The Morgan fingerprint density at radius 3 is 2.31 bits per heavy atom. The van der Waals surface area contributed by atoms with Gasteiger partial charge in [0.1, 0.15) is 12.7 Å². The van der Waals surface area contributed by atoms with Crippen LogP contribution in [0.3, 0.4) is 0 Å². The number of aromatic nitrogens is 3. The van der Waals surface area contributed by atoms with Gasteiger partial charge in [-0.05, 0) is 17.7 Å². The van der Waals surface area contributed by atoms with E-state index in [1.54, 1.807) is 12.7 Å². The van der Waals surface area contributed by atoms with Gasteiger partial charge < -0.3 is 4.57 Å². The van der Waals surface area contributed by atoms with E-state index in [0.717, 1.165) is 11.0 Å². The lowest BCUT2D eigenvalue weighted by atomic mass is 10.2. The number of benzene rings is 1. The second-order valence-corrected chi connectivity index (χ2v) is 3.68. The SMILES string of the molecule is Brc1ccc(Cn2cnnc2)cc1. The number of nitrogens with zero attached hydrogens (tertiary/aromatic N) is 3. The van der Waals surface area contributed by atoms with Crippen LogP contribution < -0.4 is 0 Å². The van der Waals surface area contributed by atoms with Crippen molar-refractivity contribution in [3.63, 3.8) is 0 Å². The van der Waals surface area contributed by atoms with E-state index in [1.165, 1.54) is 5.56 Å². The normalized spacial score (nSPS) is 10.2. The predicted octanol–water partition coefficient (Wildman–Crippen LogP) is 2.09. The van der Waals surface area contributed by atoms with Crippen LogP contribution in [0.1, 0.15) is 5.56 Å². The first-order valence-corrected chi connectivity index (χ1v) is 4.71. The maximum absolute atomic E-state index is 3.74. The van der Waals surface area contributed by atoms with Gasteiger partial charge >= 0.3 is 0 Å². The van der Waals surface area contributed by atoms with Gasteiger partial charge in [-0.15, -0.1) is 10.2 Å². The summed E-state index contributed by atoms with van der Waals surface area (Å²) in [6.45, 7) is 0.820. The molecule has 0 amide bonds. The monoisotopic (exact) mass is 237 g/mol. The molecule has 0 unspecified atom stereocenters. The Morgan fingerprint density at radius 2 is 1.69 bits per heavy atom. The highest BCUT2D eigenvalue weighted by Crippen LogP contribution is 2.11. The fourth-order valence-corrected chi connectivity index (χ4v) is 1.37. The molecule has 1 aromatic heterocycles. The number of rotatable bonds is 2. The lowest BCUT2D eigenvalue weighted by Crippen LogP contribution is -1.95. The van der Waals surface area contributed by atoms with Crippen LogP contribution in [0.4, 0.5) is 0 Å². The second kappa shape index (κ2) is 3.70. The van der Waals surface area contributed by atoms with E-state index < -0.39 is 0 Å². The molecule has 66 valence electrons. The molecule has 2 aromatic rings. The Labute approximate surface area is 84.5 Å². The van der Waals surface area contributed by atoms with Gasteiger partial charge in [-0.3, -0.25) is 0 Å². The van der Waals surface area contributed by atoms with Crippen molar-refractivity contribution < 1.29 is 0 Å². The minimum absolute atomic E-state index is 0.820. The van der Waals surface area contributed by atoms with Gasteiger partial charge in [0.25, 0.3) is 0 Å². The average Bonchev–Trinajstić information content (AvgIpc) is 2.62. The lowest BCUT2D eigenvalue weighted by Gasteiger charge is -2.00. The molecule has 0 atom stereocenters. The van der Waals surface area contributed by atoms with E-state index in [-0.39, 0.29) is 0 Å². The molecule has 0 aliphatic carbocycles. The van der Waals surface area contributed by atoms with Crippen molar-refractivity contribution in [1.82, 2.24) is 14.8 Å². The van der Waals surface area contributed by atoms with Crippen LogP contribution >= 0.6 is 15.9 Å². The summed E-state index contributed by atoms with van der Waals surface area (Å²) in [5.74, 6) is 0. The van der Waals surface area contributed by atoms with Gasteiger partial charge in [-0.1, -0.05) is 28.1 Å². The summed E-state index contributed by atoms with van der Waals surface area (Å²) in [4.78, 5) is 0. The first-order chi connectivity index (χ1) is 6.34. The highest BCUT2D eigenvalue weighted by Gasteiger charge is 1.94. The van der Waals surface area contributed by atoms with E-state index in [0.29, 0.717) is 0 Å². The van der Waals surface area contributed by atoms with E-state index in [9.17, 15) is 0 Å². The first kappa shape index (κ1) is 8.44. The Morgan fingerprint density at radius 1 is 1.08 bits per heavy atom. The molecule has 2 rings (SSSR count). The third kappa shape index (κ3) is 2.15. The van der Waals surface area contributed by atoms with Gasteiger partial charge in [0.2, 0.25) is 0 Å². The quantitative estimate of drug-likeness (QED) is 0.801. The third-order valence-corrected chi connectivity index (χ3v) is 2.27. The second-order valence-electron chi connectivity index (χ2n) is 2.76. The summed E-state index contributed by atoms with van der Waals surface area (Å²) in [6.07, 6.45) is 3.42. The molecule has 3 nitrogen and oxygen atoms in total. The Hall–Kier alpha value is -1.16. The van der Waals surface area contributed by atoms with Crippen LogP contribution in [-0.4, -0.2) is 14.8 Å². The molecule has 0 radical (unpaired) electrons. The average molecular weight is 238 g/mol. The topological polar surface area (TPSA) is 30.7 Å². The fourth-order valence-electron chi connectivity index (χ4n) is 1.10. The molecule has 0 aliphatic rings. The fraction of sp³-hybridized carbons (Fsp3) is 0.111. The molecule has 0 saturated carbocycles. The van der Waals surface area contributed by atoms with Crippen molar-refractivity contribution in [3.8, 4) is 0 Å². The molecule has 0 saturated heterocycles. The van der Waals surface area contributed by atoms with Crippen molar-refractivity contribution in [3.05, 3.63) is 47.0 Å². The predicted molar refractivity (Wildman–Crippen MR) is 53.3 cm³/mol. The zero-order valence-corrected chi connectivity index (χ0v) is 8.48. The number of hydrogen-bond donors (Lipinski definition) is 0. The van der Waals surface area contributed by atoms with Crippen molar-refractivity contribution in [2.24, 2.45) is 0 Å². The molecule has 1 heterocycles. The highest BCUT2D eigenvalue weighted by molar-refractivity contribution is 9.10. The van der Waals surface area contributed by atoms with Gasteiger partial charge in [-0.2, -0.15) is 0 Å². The van der Waals surface area contributed by atoms with Crippen molar-refractivity contribution in [1.29, 1.82) is 0 Å². The maximum atomic E-state index is 3.74. The van der Waals surface area contributed by atoms with Crippen LogP contribution in [0.2, 0.25) is 0 Å². The Balaban J connectivity index is 2.15. The van der Waals surface area contributed by atoms with Crippen LogP contribution in [0.25, 0.3) is 0 Å². The van der Waals surface area contributed by atoms with E-state index in [4.69, 9.17) is 0 Å². The zero-order chi connectivity index (χ0) is 9.10.